The quantitative estimate of drug-likeness (QED) is 0.148. The van der Waals surface area contributed by atoms with Crippen molar-refractivity contribution >= 4 is 70.4 Å². The second-order valence-corrected chi connectivity index (χ2v) is 17.1. The normalized spacial score (nSPS) is 11.5. The molecule has 12 rings (SSSR count). The third-order valence-electron chi connectivity index (χ3n) is 12.4. The minimum atomic E-state index is 1.09. The maximum Gasteiger partial charge on any atom is 0.0640 e. The molecule has 0 aliphatic carbocycles. The van der Waals surface area contributed by atoms with Crippen LogP contribution in [0.5, 0.6) is 0 Å². The monoisotopic (exact) mass is 820 g/mol. The van der Waals surface area contributed by atoms with Crippen molar-refractivity contribution in [2.75, 3.05) is 4.90 Å². The van der Waals surface area contributed by atoms with Crippen LogP contribution in [-0.2, 0) is 0 Å². The summed E-state index contributed by atoms with van der Waals surface area (Å²) in [6, 6.07) is 88.2. The number of hydrogen-bond donors (Lipinski definition) is 0. The fourth-order valence-electron chi connectivity index (χ4n) is 9.42. The molecule has 0 N–H and O–H groups in total. The van der Waals surface area contributed by atoms with Crippen LogP contribution >= 0.6 is 11.3 Å². The van der Waals surface area contributed by atoms with Crippen molar-refractivity contribution in [1.29, 1.82) is 0 Å². The molecule has 296 valence electrons. The van der Waals surface area contributed by atoms with E-state index in [0.29, 0.717) is 0 Å². The van der Waals surface area contributed by atoms with Crippen LogP contribution in [0.2, 0.25) is 0 Å². The van der Waals surface area contributed by atoms with Crippen LogP contribution in [0.3, 0.4) is 0 Å². The predicted molar refractivity (Wildman–Crippen MR) is 270 cm³/mol. The molecule has 0 amide bonds. The Balaban J connectivity index is 0.967. The minimum absolute atomic E-state index is 1.09. The van der Waals surface area contributed by atoms with E-state index in [1.165, 1.54) is 86.6 Å². The first kappa shape index (κ1) is 36.8. The summed E-state index contributed by atoms with van der Waals surface area (Å²) in [4.78, 5) is 2.37. The highest BCUT2D eigenvalue weighted by Crippen LogP contribution is 2.44. The summed E-state index contributed by atoms with van der Waals surface area (Å²) >= 11 is 1.88. The Morgan fingerprint density at radius 3 is 1.48 bits per heavy atom. The van der Waals surface area contributed by atoms with Crippen molar-refractivity contribution in [2.24, 2.45) is 0 Å². The second kappa shape index (κ2) is 15.5. The molecule has 0 fully saturated rings. The summed E-state index contributed by atoms with van der Waals surface area (Å²) in [5, 5.41) is 5.11. The van der Waals surface area contributed by atoms with Gasteiger partial charge in [-0.2, -0.15) is 0 Å². The molecule has 0 saturated heterocycles. The van der Waals surface area contributed by atoms with Gasteiger partial charge in [0.05, 0.1) is 21.4 Å². The first-order valence-corrected chi connectivity index (χ1v) is 22.3. The molecule has 0 radical (unpaired) electrons. The number of nitrogens with zero attached hydrogens (tertiary/aromatic N) is 2. The van der Waals surface area contributed by atoms with Crippen LogP contribution in [0.1, 0.15) is 0 Å². The molecule has 0 atom stereocenters. The average Bonchev–Trinajstić information content (AvgIpc) is 3.91. The Labute approximate surface area is 370 Å². The number of anilines is 3. The molecule has 0 aliphatic heterocycles. The molecule has 12 aromatic rings. The molecule has 0 bridgehead atoms. The summed E-state index contributed by atoms with van der Waals surface area (Å²) in [5.74, 6) is 0. The van der Waals surface area contributed by atoms with E-state index in [1.807, 2.05) is 11.3 Å². The lowest BCUT2D eigenvalue weighted by Crippen LogP contribution is -2.10. The number of fused-ring (bicyclic) bond motifs is 6. The summed E-state index contributed by atoms with van der Waals surface area (Å²) in [6.45, 7) is 0. The summed E-state index contributed by atoms with van der Waals surface area (Å²) < 4.78 is 5.09. The van der Waals surface area contributed by atoms with Gasteiger partial charge in [0, 0.05) is 43.3 Å². The SMILES string of the molecule is c1ccc(-c2ccc(N(c3ccc(-c4ccccc4)cc3)c3cccc(-c4ccccc4-c4ccc5c(c4)c4ccccc4n5-c4cccc5c4sc4ccccc45)c3)cc2)cc1. The molecule has 10 aromatic carbocycles. The van der Waals surface area contributed by atoms with Crippen LogP contribution in [-0.4, -0.2) is 4.57 Å². The van der Waals surface area contributed by atoms with Gasteiger partial charge in [-0.15, -0.1) is 11.3 Å². The highest BCUT2D eigenvalue weighted by atomic mass is 32.1. The first-order valence-electron chi connectivity index (χ1n) is 21.5. The fourth-order valence-corrected chi connectivity index (χ4v) is 10.6. The van der Waals surface area contributed by atoms with E-state index in [-0.39, 0.29) is 0 Å². The number of benzene rings is 10. The van der Waals surface area contributed by atoms with Crippen molar-refractivity contribution < 1.29 is 0 Å². The topological polar surface area (TPSA) is 8.17 Å². The molecule has 2 nitrogen and oxygen atoms in total. The van der Waals surface area contributed by atoms with Gasteiger partial charge in [0.2, 0.25) is 0 Å². The van der Waals surface area contributed by atoms with Gasteiger partial charge >= 0.3 is 0 Å². The third-order valence-corrected chi connectivity index (χ3v) is 13.6. The van der Waals surface area contributed by atoms with Gasteiger partial charge in [0.25, 0.3) is 0 Å². The third kappa shape index (κ3) is 6.50. The van der Waals surface area contributed by atoms with Gasteiger partial charge in [0.1, 0.15) is 0 Å². The van der Waals surface area contributed by atoms with Crippen LogP contribution in [0.15, 0.2) is 243 Å². The molecule has 0 spiro atoms. The number of thiophene rings is 1. The van der Waals surface area contributed by atoms with Crippen LogP contribution in [0, 0.1) is 0 Å². The molecule has 63 heavy (non-hydrogen) atoms. The van der Waals surface area contributed by atoms with E-state index < -0.39 is 0 Å². The predicted octanol–water partition coefficient (Wildman–Crippen LogP) is 17.3. The molecule has 2 heterocycles. The van der Waals surface area contributed by atoms with Crippen molar-refractivity contribution in [2.45, 2.75) is 0 Å². The van der Waals surface area contributed by atoms with Crippen LogP contribution in [0.25, 0.3) is 92.2 Å². The molecule has 2 aromatic heterocycles. The number of rotatable bonds is 8. The maximum absolute atomic E-state index is 2.47. The maximum atomic E-state index is 2.47. The van der Waals surface area contributed by atoms with E-state index in [2.05, 4.69) is 252 Å². The van der Waals surface area contributed by atoms with Crippen molar-refractivity contribution in [1.82, 2.24) is 4.57 Å². The van der Waals surface area contributed by atoms with Gasteiger partial charge < -0.3 is 9.47 Å². The Bertz CT molecular complexity index is 3520. The van der Waals surface area contributed by atoms with Crippen LogP contribution in [0.4, 0.5) is 17.1 Å². The summed E-state index contributed by atoms with van der Waals surface area (Å²) in [6.07, 6.45) is 0. The van der Waals surface area contributed by atoms with Gasteiger partial charge in [-0.05, 0) is 111 Å². The largest absolute Gasteiger partial charge is 0.310 e. The second-order valence-electron chi connectivity index (χ2n) is 16.1. The average molecular weight is 821 g/mol. The zero-order valence-electron chi connectivity index (χ0n) is 34.4. The Morgan fingerprint density at radius 2 is 0.794 bits per heavy atom. The van der Waals surface area contributed by atoms with E-state index in [4.69, 9.17) is 0 Å². The van der Waals surface area contributed by atoms with E-state index in [0.717, 1.165) is 22.6 Å². The van der Waals surface area contributed by atoms with Crippen molar-refractivity contribution in [3.8, 4) is 50.2 Å². The van der Waals surface area contributed by atoms with E-state index >= 15 is 0 Å². The first-order chi connectivity index (χ1) is 31.2. The van der Waals surface area contributed by atoms with Gasteiger partial charge in [-0.25, -0.2) is 0 Å². The molecular formula is C60H40N2S. The zero-order valence-corrected chi connectivity index (χ0v) is 35.2. The lowest BCUT2D eigenvalue weighted by molar-refractivity contribution is 1.20. The standard InChI is InChI=1S/C60H40N2S/c1-3-15-41(16-4-1)43-29-34-47(35-30-43)61(48-36-31-44(32-37-48)42-17-5-2-6-18-42)49-20-13-19-45(39-49)50-21-7-8-22-51(50)46-33-38-57-55(40-46)52-23-9-11-26-56(52)62(57)58-27-14-25-54-53-24-10-12-28-59(53)63-60(54)58/h1-40H. The van der Waals surface area contributed by atoms with Crippen LogP contribution < -0.4 is 4.90 Å². The smallest absolute Gasteiger partial charge is 0.0640 e. The Morgan fingerprint density at radius 1 is 0.302 bits per heavy atom. The summed E-state index contributed by atoms with van der Waals surface area (Å²) in [7, 11) is 0. The van der Waals surface area contributed by atoms with E-state index in [1.54, 1.807) is 0 Å². The van der Waals surface area contributed by atoms with Crippen molar-refractivity contribution in [3.05, 3.63) is 243 Å². The molecular weight excluding hydrogens is 781 g/mol. The van der Waals surface area contributed by atoms with Gasteiger partial charge in [0.15, 0.2) is 0 Å². The molecule has 3 heteroatoms. The summed E-state index contributed by atoms with van der Waals surface area (Å²) in [5.41, 5.74) is 16.5. The number of aromatic nitrogens is 1. The lowest BCUT2D eigenvalue weighted by Gasteiger charge is -2.26. The Hall–Kier alpha value is -7.98. The minimum Gasteiger partial charge on any atom is -0.310 e. The van der Waals surface area contributed by atoms with Gasteiger partial charge in [-0.1, -0.05) is 176 Å². The van der Waals surface area contributed by atoms with E-state index in [9.17, 15) is 0 Å². The van der Waals surface area contributed by atoms with Gasteiger partial charge in [-0.3, -0.25) is 0 Å². The molecule has 0 aliphatic rings. The zero-order chi connectivity index (χ0) is 41.7. The highest BCUT2D eigenvalue weighted by molar-refractivity contribution is 7.26. The highest BCUT2D eigenvalue weighted by Gasteiger charge is 2.19. The molecule has 0 unspecified atom stereocenters. The Kier molecular flexibility index (Phi) is 9.06. The fraction of sp³-hybridized carbons (Fsp3) is 0. The number of hydrogen-bond acceptors (Lipinski definition) is 2. The number of para-hydroxylation sites is 1. The molecule has 0 saturated carbocycles. The lowest BCUT2D eigenvalue weighted by atomic mass is 9.93. The van der Waals surface area contributed by atoms with Crippen molar-refractivity contribution in [3.63, 3.8) is 0 Å².